The Morgan fingerprint density at radius 3 is 2.00 bits per heavy atom. The van der Waals surface area contributed by atoms with Crippen LogP contribution in [0.4, 0.5) is 11.6 Å². The topological polar surface area (TPSA) is 80.0 Å². The van der Waals surface area contributed by atoms with Crippen molar-refractivity contribution in [3.05, 3.63) is 108 Å². The predicted octanol–water partition coefficient (Wildman–Crippen LogP) is 4.84. The average Bonchev–Trinajstić information content (AvgIpc) is 3.32. The van der Waals surface area contributed by atoms with E-state index < -0.39 is 0 Å². The molecule has 0 bridgehead atoms. The fourth-order valence-corrected chi connectivity index (χ4v) is 3.26. The first-order valence-electron chi connectivity index (χ1n) is 9.77. The first-order valence-corrected chi connectivity index (χ1v) is 9.77. The van der Waals surface area contributed by atoms with Gasteiger partial charge in [0.2, 0.25) is 5.91 Å². The summed E-state index contributed by atoms with van der Waals surface area (Å²) in [5, 5.41) is 14.2. The highest BCUT2D eigenvalue weighted by atomic mass is 16.3. The third-order valence-corrected chi connectivity index (χ3v) is 4.75. The Labute approximate surface area is 175 Å². The van der Waals surface area contributed by atoms with E-state index in [1.54, 1.807) is 18.4 Å². The quantitative estimate of drug-likeness (QED) is 0.444. The molecule has 150 valence electrons. The zero-order chi connectivity index (χ0) is 20.6. The first-order chi connectivity index (χ1) is 14.8. The van der Waals surface area contributed by atoms with Crippen molar-refractivity contribution < 1.29 is 9.21 Å². The molecule has 0 fully saturated rings. The lowest BCUT2D eigenvalue weighted by molar-refractivity contribution is -0.116. The Morgan fingerprint density at radius 2 is 1.43 bits per heavy atom. The van der Waals surface area contributed by atoms with Crippen LogP contribution >= 0.6 is 0 Å². The fraction of sp³-hybridized carbons (Fsp3) is 0.125. The Morgan fingerprint density at radius 1 is 0.800 bits per heavy atom. The van der Waals surface area contributed by atoms with E-state index in [2.05, 4.69) is 20.8 Å². The van der Waals surface area contributed by atoms with Gasteiger partial charge in [-0.1, -0.05) is 60.7 Å². The maximum absolute atomic E-state index is 12.7. The number of amides is 1. The van der Waals surface area contributed by atoms with Gasteiger partial charge in [0, 0.05) is 12.3 Å². The van der Waals surface area contributed by atoms with Crippen molar-refractivity contribution in [3.63, 3.8) is 0 Å². The van der Waals surface area contributed by atoms with Crippen LogP contribution < -0.4 is 10.6 Å². The SMILES string of the molecule is O=C(CC(c1ccccc1)c1ccccc1)Nc1ccc(NCc2ccco2)nn1. The van der Waals surface area contributed by atoms with E-state index in [0.29, 0.717) is 24.6 Å². The number of hydrogen-bond donors (Lipinski definition) is 2. The molecule has 6 heteroatoms. The summed E-state index contributed by atoms with van der Waals surface area (Å²) in [6.07, 6.45) is 1.94. The number of carbonyl (C=O) groups is 1. The van der Waals surface area contributed by atoms with Crippen LogP contribution in [-0.4, -0.2) is 16.1 Å². The Hall–Kier alpha value is -3.93. The van der Waals surface area contributed by atoms with Gasteiger partial charge < -0.3 is 15.1 Å². The minimum Gasteiger partial charge on any atom is -0.467 e. The molecule has 0 saturated carbocycles. The molecule has 0 spiro atoms. The number of aromatic nitrogens is 2. The van der Waals surface area contributed by atoms with Crippen molar-refractivity contribution in [2.24, 2.45) is 0 Å². The summed E-state index contributed by atoms with van der Waals surface area (Å²) < 4.78 is 5.27. The lowest BCUT2D eigenvalue weighted by Crippen LogP contribution is -2.17. The van der Waals surface area contributed by atoms with E-state index in [-0.39, 0.29) is 11.8 Å². The van der Waals surface area contributed by atoms with Crippen LogP contribution in [0.25, 0.3) is 0 Å². The maximum Gasteiger partial charge on any atom is 0.226 e. The maximum atomic E-state index is 12.7. The average molecular weight is 398 g/mol. The van der Waals surface area contributed by atoms with Crippen molar-refractivity contribution in [1.29, 1.82) is 0 Å². The molecular weight excluding hydrogens is 376 g/mol. The molecular formula is C24H22N4O2. The van der Waals surface area contributed by atoms with Crippen LogP contribution in [0.1, 0.15) is 29.2 Å². The van der Waals surface area contributed by atoms with Gasteiger partial charge in [-0.25, -0.2) is 0 Å². The number of anilines is 2. The minimum absolute atomic E-state index is 0.0328. The van der Waals surface area contributed by atoms with Crippen LogP contribution in [-0.2, 0) is 11.3 Å². The monoisotopic (exact) mass is 398 g/mol. The van der Waals surface area contributed by atoms with Crippen molar-refractivity contribution in [2.45, 2.75) is 18.9 Å². The molecule has 2 heterocycles. The summed E-state index contributed by atoms with van der Waals surface area (Å²) in [4.78, 5) is 12.7. The third kappa shape index (κ3) is 5.11. The van der Waals surface area contributed by atoms with Crippen molar-refractivity contribution in [1.82, 2.24) is 10.2 Å². The van der Waals surface area contributed by atoms with Gasteiger partial charge in [0.05, 0.1) is 12.8 Å². The summed E-state index contributed by atoms with van der Waals surface area (Å²) in [5.41, 5.74) is 2.20. The molecule has 4 rings (SSSR count). The second-order valence-corrected chi connectivity index (χ2v) is 6.86. The summed E-state index contributed by atoms with van der Waals surface area (Å²) >= 11 is 0. The van der Waals surface area contributed by atoms with E-state index in [4.69, 9.17) is 4.42 Å². The highest BCUT2D eigenvalue weighted by molar-refractivity contribution is 5.90. The molecule has 2 aromatic heterocycles. The van der Waals surface area contributed by atoms with Crippen LogP contribution in [0.15, 0.2) is 95.6 Å². The molecule has 0 radical (unpaired) electrons. The molecule has 0 saturated heterocycles. The zero-order valence-electron chi connectivity index (χ0n) is 16.4. The Kier molecular flexibility index (Phi) is 6.15. The number of benzene rings is 2. The van der Waals surface area contributed by atoms with Gasteiger partial charge in [0.25, 0.3) is 0 Å². The largest absolute Gasteiger partial charge is 0.467 e. The van der Waals surface area contributed by atoms with Crippen LogP contribution in [0.2, 0.25) is 0 Å². The van der Waals surface area contributed by atoms with E-state index in [1.807, 2.05) is 72.8 Å². The van der Waals surface area contributed by atoms with Gasteiger partial charge in [0.15, 0.2) is 5.82 Å². The number of rotatable bonds is 8. The Bertz CT molecular complexity index is 1010. The molecule has 0 atom stereocenters. The zero-order valence-corrected chi connectivity index (χ0v) is 16.4. The standard InChI is InChI=1S/C24H22N4O2/c29-24(16-21(18-8-3-1-4-9-18)19-10-5-2-6-11-19)26-23-14-13-22(27-28-23)25-17-20-12-7-15-30-20/h1-15,21H,16-17H2,(H,25,27)(H,26,28,29). The van der Waals surface area contributed by atoms with Crippen LogP contribution in [0, 0.1) is 0 Å². The van der Waals surface area contributed by atoms with Gasteiger partial charge in [-0.3, -0.25) is 4.79 Å². The van der Waals surface area contributed by atoms with Gasteiger partial charge in [-0.15, -0.1) is 10.2 Å². The second kappa shape index (κ2) is 9.52. The summed E-state index contributed by atoms with van der Waals surface area (Å²) in [6, 6.07) is 27.3. The molecule has 0 unspecified atom stereocenters. The van der Waals surface area contributed by atoms with E-state index in [1.165, 1.54) is 0 Å². The molecule has 4 aromatic rings. The lowest BCUT2D eigenvalue weighted by atomic mass is 9.88. The first kappa shape index (κ1) is 19.4. The van der Waals surface area contributed by atoms with Crippen molar-refractivity contribution >= 4 is 17.5 Å². The number of carbonyl (C=O) groups excluding carboxylic acids is 1. The van der Waals surface area contributed by atoms with Crippen molar-refractivity contribution in [2.75, 3.05) is 10.6 Å². The van der Waals surface area contributed by atoms with E-state index >= 15 is 0 Å². The highest BCUT2D eigenvalue weighted by Crippen LogP contribution is 2.28. The smallest absolute Gasteiger partial charge is 0.226 e. The second-order valence-electron chi connectivity index (χ2n) is 6.86. The summed E-state index contributed by atoms with van der Waals surface area (Å²) in [7, 11) is 0. The van der Waals surface area contributed by atoms with Crippen LogP contribution in [0.5, 0.6) is 0 Å². The Balaban J connectivity index is 1.39. The normalized spacial score (nSPS) is 10.7. The van der Waals surface area contributed by atoms with Gasteiger partial charge in [0.1, 0.15) is 11.6 Å². The minimum atomic E-state index is -0.113. The molecule has 1 amide bonds. The molecule has 30 heavy (non-hydrogen) atoms. The molecule has 6 nitrogen and oxygen atoms in total. The van der Waals surface area contributed by atoms with Crippen LogP contribution in [0.3, 0.4) is 0 Å². The predicted molar refractivity (Wildman–Crippen MR) is 116 cm³/mol. The number of hydrogen-bond acceptors (Lipinski definition) is 5. The van der Waals surface area contributed by atoms with Gasteiger partial charge in [-0.2, -0.15) is 0 Å². The summed E-state index contributed by atoms with van der Waals surface area (Å²) in [5.74, 6) is 1.69. The molecule has 2 aromatic carbocycles. The number of nitrogens with zero attached hydrogens (tertiary/aromatic N) is 2. The molecule has 0 aliphatic heterocycles. The van der Waals surface area contributed by atoms with E-state index in [9.17, 15) is 4.79 Å². The fourth-order valence-electron chi connectivity index (χ4n) is 3.26. The van der Waals surface area contributed by atoms with Crippen molar-refractivity contribution in [3.8, 4) is 0 Å². The van der Waals surface area contributed by atoms with Gasteiger partial charge >= 0.3 is 0 Å². The molecule has 2 N–H and O–H groups in total. The summed E-state index contributed by atoms with van der Waals surface area (Å²) in [6.45, 7) is 0.517. The third-order valence-electron chi connectivity index (χ3n) is 4.75. The molecule has 0 aliphatic rings. The highest BCUT2D eigenvalue weighted by Gasteiger charge is 2.18. The lowest BCUT2D eigenvalue weighted by Gasteiger charge is -2.17. The van der Waals surface area contributed by atoms with Gasteiger partial charge in [-0.05, 0) is 35.4 Å². The number of nitrogens with one attached hydrogen (secondary N) is 2. The molecule has 0 aliphatic carbocycles. The number of furan rings is 1. The van der Waals surface area contributed by atoms with E-state index in [0.717, 1.165) is 16.9 Å².